The molecule has 2 aromatic carbocycles. The number of ether oxygens (including phenoxy) is 2. The summed E-state index contributed by atoms with van der Waals surface area (Å²) in [6.07, 6.45) is 1.91. The van der Waals surface area contributed by atoms with Gasteiger partial charge in [-0.1, -0.05) is 29.4 Å². The second-order valence-electron chi connectivity index (χ2n) is 8.45. The lowest BCUT2D eigenvalue weighted by Crippen LogP contribution is -2.48. The van der Waals surface area contributed by atoms with E-state index >= 15 is 0 Å². The predicted molar refractivity (Wildman–Crippen MR) is 118 cm³/mol. The average molecular weight is 439 g/mol. The molecule has 0 radical (unpaired) electrons. The number of nitrogens with zero attached hydrogens (tertiary/aromatic N) is 4. The highest BCUT2D eigenvalue weighted by Crippen LogP contribution is 2.45. The Kier molecular flexibility index (Phi) is 6.63. The van der Waals surface area contributed by atoms with Crippen molar-refractivity contribution in [3.8, 4) is 5.75 Å². The van der Waals surface area contributed by atoms with Crippen LogP contribution < -0.4 is 4.74 Å². The maximum absolute atomic E-state index is 13.7. The number of azide groups is 1. The Labute approximate surface area is 186 Å². The van der Waals surface area contributed by atoms with Gasteiger partial charge in [0.1, 0.15) is 17.7 Å². The van der Waals surface area contributed by atoms with Crippen LogP contribution in [0.1, 0.15) is 61.9 Å². The van der Waals surface area contributed by atoms with E-state index in [9.17, 15) is 14.7 Å². The van der Waals surface area contributed by atoms with E-state index in [0.29, 0.717) is 18.8 Å². The van der Waals surface area contributed by atoms with Gasteiger partial charge < -0.3 is 14.4 Å². The number of hydrogen-bond donors (Lipinski definition) is 0. The van der Waals surface area contributed by atoms with Crippen LogP contribution >= 0.6 is 0 Å². The van der Waals surface area contributed by atoms with E-state index in [4.69, 9.17) is 9.47 Å². The number of benzene rings is 2. The first-order chi connectivity index (χ1) is 15.5. The Morgan fingerprint density at radius 3 is 2.69 bits per heavy atom. The molecule has 0 aliphatic carbocycles. The van der Waals surface area contributed by atoms with E-state index in [0.717, 1.165) is 29.5 Å². The van der Waals surface area contributed by atoms with Gasteiger partial charge in [-0.25, -0.2) is 4.39 Å². The Morgan fingerprint density at radius 2 is 2.03 bits per heavy atom. The van der Waals surface area contributed by atoms with E-state index in [-0.39, 0.29) is 24.4 Å². The van der Waals surface area contributed by atoms with Gasteiger partial charge in [0.15, 0.2) is 0 Å². The van der Waals surface area contributed by atoms with Crippen LogP contribution in [0, 0.1) is 5.82 Å². The highest BCUT2D eigenvalue weighted by atomic mass is 19.1. The molecule has 4 rings (SSSR count). The van der Waals surface area contributed by atoms with Crippen LogP contribution in [-0.4, -0.2) is 36.2 Å². The fraction of sp³-hybridized carbons (Fsp3) is 0.458. The minimum atomic E-state index is -0.603. The molecule has 2 heterocycles. The SMILES string of the molecule is CC(C)Oc1cccc2c1[C@H](N=[N+]=[N-])CN(C(=O)[C@H]1CCCCO1)[C@H]2c1ccc(F)cc1. The third-order valence-corrected chi connectivity index (χ3v) is 5.89. The number of carbonyl (C=O) groups excluding carboxylic acids is 1. The first kappa shape index (κ1) is 22.1. The van der Waals surface area contributed by atoms with Crippen LogP contribution in [0.4, 0.5) is 4.39 Å². The summed E-state index contributed by atoms with van der Waals surface area (Å²) in [5.41, 5.74) is 11.6. The van der Waals surface area contributed by atoms with E-state index in [1.165, 1.54) is 12.1 Å². The van der Waals surface area contributed by atoms with Gasteiger partial charge in [0.2, 0.25) is 0 Å². The first-order valence-electron chi connectivity index (χ1n) is 11.0. The fourth-order valence-electron chi connectivity index (χ4n) is 4.56. The Morgan fingerprint density at radius 1 is 1.25 bits per heavy atom. The summed E-state index contributed by atoms with van der Waals surface area (Å²) >= 11 is 0. The zero-order valence-corrected chi connectivity index (χ0v) is 18.3. The molecule has 3 atom stereocenters. The van der Waals surface area contributed by atoms with E-state index < -0.39 is 18.2 Å². The number of hydrogen-bond acceptors (Lipinski definition) is 4. The van der Waals surface area contributed by atoms with Gasteiger partial charge >= 0.3 is 0 Å². The van der Waals surface area contributed by atoms with Crippen LogP contribution in [0.25, 0.3) is 10.4 Å². The normalized spacial score (nSPS) is 22.8. The zero-order valence-electron chi connectivity index (χ0n) is 18.3. The largest absolute Gasteiger partial charge is 0.491 e. The van der Waals surface area contributed by atoms with Gasteiger partial charge in [0.25, 0.3) is 5.91 Å². The number of carbonyl (C=O) groups is 1. The smallest absolute Gasteiger partial charge is 0.252 e. The van der Waals surface area contributed by atoms with Gasteiger partial charge in [-0.15, -0.1) is 0 Å². The van der Waals surface area contributed by atoms with Crippen molar-refractivity contribution in [3.05, 3.63) is 75.4 Å². The highest BCUT2D eigenvalue weighted by Gasteiger charge is 2.41. The van der Waals surface area contributed by atoms with Crippen molar-refractivity contribution in [3.63, 3.8) is 0 Å². The molecule has 1 amide bonds. The summed E-state index contributed by atoms with van der Waals surface area (Å²) in [7, 11) is 0. The van der Waals surface area contributed by atoms with Gasteiger partial charge in [0.05, 0.1) is 18.2 Å². The molecule has 168 valence electrons. The van der Waals surface area contributed by atoms with Crippen molar-refractivity contribution < 1.29 is 18.7 Å². The van der Waals surface area contributed by atoms with E-state index in [2.05, 4.69) is 10.0 Å². The highest BCUT2D eigenvalue weighted by molar-refractivity contribution is 5.82. The third kappa shape index (κ3) is 4.42. The quantitative estimate of drug-likeness (QED) is 0.352. The van der Waals surface area contributed by atoms with Gasteiger partial charge in [-0.3, -0.25) is 4.79 Å². The zero-order chi connectivity index (χ0) is 22.7. The van der Waals surface area contributed by atoms with Crippen molar-refractivity contribution in [2.24, 2.45) is 5.11 Å². The van der Waals surface area contributed by atoms with Gasteiger partial charge in [0, 0.05) is 23.6 Å². The Balaban J connectivity index is 1.86. The lowest BCUT2D eigenvalue weighted by molar-refractivity contribution is -0.149. The van der Waals surface area contributed by atoms with Crippen molar-refractivity contribution in [2.75, 3.05) is 13.2 Å². The second-order valence-corrected chi connectivity index (χ2v) is 8.45. The lowest BCUT2D eigenvalue weighted by Gasteiger charge is -2.42. The topological polar surface area (TPSA) is 87.5 Å². The molecule has 2 aromatic rings. The van der Waals surface area contributed by atoms with Gasteiger partial charge in [-0.2, -0.15) is 0 Å². The number of rotatable bonds is 5. The maximum atomic E-state index is 13.7. The molecule has 8 heteroatoms. The monoisotopic (exact) mass is 438 g/mol. The number of fused-ring (bicyclic) bond motifs is 1. The molecule has 0 spiro atoms. The van der Waals surface area contributed by atoms with Crippen molar-refractivity contribution in [1.29, 1.82) is 0 Å². The molecule has 1 saturated heterocycles. The van der Waals surface area contributed by atoms with Gasteiger partial charge in [-0.05, 0) is 68.0 Å². The molecule has 0 saturated carbocycles. The molecular weight excluding hydrogens is 411 g/mol. The summed E-state index contributed by atoms with van der Waals surface area (Å²) in [5.74, 6) is 0.142. The summed E-state index contributed by atoms with van der Waals surface area (Å²) < 4.78 is 25.5. The standard InChI is InChI=1S/C24H27FN4O3/c1-15(2)32-20-8-5-6-18-22(20)19(27-28-26)14-29(24(30)21-7-3-4-13-31-21)23(18)16-9-11-17(25)12-10-16/h5-6,8-12,15,19,21,23H,3-4,7,13-14H2,1-2H3/t19-,21-,23+/m1/s1. The number of halogens is 1. The second kappa shape index (κ2) is 9.59. The average Bonchev–Trinajstić information content (AvgIpc) is 2.79. The van der Waals surface area contributed by atoms with Crippen LogP contribution in [0.5, 0.6) is 5.75 Å². The van der Waals surface area contributed by atoms with E-state index in [1.807, 2.05) is 32.0 Å². The summed E-state index contributed by atoms with van der Waals surface area (Å²) in [5, 5.41) is 4.02. The lowest BCUT2D eigenvalue weighted by atomic mass is 9.84. The van der Waals surface area contributed by atoms with Crippen LogP contribution in [-0.2, 0) is 9.53 Å². The van der Waals surface area contributed by atoms with Crippen molar-refractivity contribution in [2.45, 2.75) is 57.4 Å². The Bertz CT molecular complexity index is 1010. The maximum Gasteiger partial charge on any atom is 0.252 e. The molecule has 0 N–H and O–H groups in total. The Hall–Kier alpha value is -3.09. The molecule has 7 nitrogen and oxygen atoms in total. The molecule has 1 fully saturated rings. The molecule has 2 aliphatic rings. The molecule has 32 heavy (non-hydrogen) atoms. The molecule has 0 bridgehead atoms. The third-order valence-electron chi connectivity index (χ3n) is 5.89. The van der Waals surface area contributed by atoms with Crippen LogP contribution in [0.2, 0.25) is 0 Å². The first-order valence-corrected chi connectivity index (χ1v) is 11.0. The molecule has 0 unspecified atom stereocenters. The van der Waals surface area contributed by atoms with Crippen LogP contribution in [0.3, 0.4) is 0 Å². The minimum Gasteiger partial charge on any atom is -0.491 e. The molecule has 2 aliphatic heterocycles. The summed E-state index contributed by atoms with van der Waals surface area (Å²) in [6, 6.07) is 10.7. The number of amides is 1. The fourth-order valence-corrected chi connectivity index (χ4v) is 4.56. The predicted octanol–water partition coefficient (Wildman–Crippen LogP) is 5.47. The van der Waals surface area contributed by atoms with Crippen molar-refractivity contribution in [1.82, 2.24) is 4.90 Å². The van der Waals surface area contributed by atoms with Crippen LogP contribution in [0.15, 0.2) is 47.6 Å². The van der Waals surface area contributed by atoms with E-state index in [1.54, 1.807) is 17.0 Å². The molecule has 0 aromatic heterocycles. The summed E-state index contributed by atoms with van der Waals surface area (Å²) in [6.45, 7) is 4.60. The van der Waals surface area contributed by atoms with Crippen molar-refractivity contribution >= 4 is 5.91 Å². The summed E-state index contributed by atoms with van der Waals surface area (Å²) in [4.78, 5) is 18.3. The minimum absolute atomic E-state index is 0.0761. The molecular formula is C24H27FN4O3.